The Balaban J connectivity index is 1.64. The summed E-state index contributed by atoms with van der Waals surface area (Å²) in [5.41, 5.74) is 3.17. The molecule has 2 heterocycles. The standard InChI is InChI=1S/C25H14BrCl2N3O/c26-18-6-11-21-16(13-18)12-17(23(28)29-21)14-22-25(32)31(20-9-7-19(27)8-10-20)24(30-22)15-4-2-1-3-5-15/h1-14H/b22-14-. The van der Waals surface area contributed by atoms with Crippen LogP contribution in [0.1, 0.15) is 11.1 Å². The van der Waals surface area contributed by atoms with Gasteiger partial charge < -0.3 is 0 Å². The highest BCUT2D eigenvalue weighted by Crippen LogP contribution is 2.31. The largest absolute Gasteiger partial charge is 0.282 e. The zero-order valence-corrected chi connectivity index (χ0v) is 19.6. The lowest BCUT2D eigenvalue weighted by Gasteiger charge is -2.18. The van der Waals surface area contributed by atoms with Crippen LogP contribution in [0.5, 0.6) is 0 Å². The molecular weight excluding hydrogens is 509 g/mol. The summed E-state index contributed by atoms with van der Waals surface area (Å²) in [6.07, 6.45) is 1.68. The van der Waals surface area contributed by atoms with Gasteiger partial charge in [0.15, 0.2) is 0 Å². The summed E-state index contributed by atoms with van der Waals surface area (Å²) in [6.45, 7) is 0. The number of aromatic nitrogens is 1. The molecule has 4 nitrogen and oxygen atoms in total. The van der Waals surface area contributed by atoms with E-state index in [-0.39, 0.29) is 11.6 Å². The second-order valence-corrected chi connectivity index (χ2v) is 8.86. The van der Waals surface area contributed by atoms with Crippen molar-refractivity contribution in [1.82, 2.24) is 4.98 Å². The Morgan fingerprint density at radius 2 is 1.66 bits per heavy atom. The highest BCUT2D eigenvalue weighted by atomic mass is 79.9. The Labute approximate surface area is 203 Å². The van der Waals surface area contributed by atoms with E-state index >= 15 is 0 Å². The van der Waals surface area contributed by atoms with Gasteiger partial charge in [-0.25, -0.2) is 9.98 Å². The number of nitrogens with zero attached hydrogens (tertiary/aromatic N) is 3. The van der Waals surface area contributed by atoms with Crippen molar-refractivity contribution in [1.29, 1.82) is 0 Å². The average molecular weight is 523 g/mol. The van der Waals surface area contributed by atoms with E-state index in [4.69, 9.17) is 23.2 Å². The topological polar surface area (TPSA) is 45.6 Å². The molecule has 32 heavy (non-hydrogen) atoms. The summed E-state index contributed by atoms with van der Waals surface area (Å²) in [5.74, 6) is 0.286. The summed E-state index contributed by atoms with van der Waals surface area (Å²) in [4.78, 5) is 24.2. The monoisotopic (exact) mass is 521 g/mol. The van der Waals surface area contributed by atoms with Gasteiger partial charge in [0.05, 0.1) is 11.2 Å². The van der Waals surface area contributed by atoms with Gasteiger partial charge in [0, 0.05) is 26.0 Å². The first kappa shape index (κ1) is 20.9. The summed E-state index contributed by atoms with van der Waals surface area (Å²) >= 11 is 16.0. The minimum Gasteiger partial charge on any atom is -0.266 e. The lowest BCUT2D eigenvalue weighted by atomic mass is 10.1. The molecule has 0 atom stereocenters. The van der Waals surface area contributed by atoms with Gasteiger partial charge in [-0.3, -0.25) is 9.69 Å². The highest BCUT2D eigenvalue weighted by Gasteiger charge is 2.32. The van der Waals surface area contributed by atoms with Crippen molar-refractivity contribution < 1.29 is 4.79 Å². The van der Waals surface area contributed by atoms with E-state index < -0.39 is 0 Å². The van der Waals surface area contributed by atoms with Crippen molar-refractivity contribution in [2.45, 2.75) is 0 Å². The maximum atomic E-state index is 13.4. The van der Waals surface area contributed by atoms with E-state index in [0.29, 0.717) is 27.3 Å². The van der Waals surface area contributed by atoms with Crippen molar-refractivity contribution in [2.24, 2.45) is 4.99 Å². The highest BCUT2D eigenvalue weighted by molar-refractivity contribution is 9.10. The second-order valence-electron chi connectivity index (χ2n) is 7.15. The molecule has 4 aromatic rings. The first-order chi connectivity index (χ1) is 15.5. The van der Waals surface area contributed by atoms with Gasteiger partial charge in [-0.2, -0.15) is 0 Å². The van der Waals surface area contributed by atoms with Crippen LogP contribution in [-0.4, -0.2) is 16.7 Å². The van der Waals surface area contributed by atoms with Crippen LogP contribution in [0.3, 0.4) is 0 Å². The molecule has 156 valence electrons. The number of pyridine rings is 1. The number of hydrogen-bond donors (Lipinski definition) is 0. The molecule has 5 rings (SSSR count). The van der Waals surface area contributed by atoms with Crippen LogP contribution >= 0.6 is 39.1 Å². The number of carbonyl (C=O) groups is 1. The number of halogens is 3. The Morgan fingerprint density at radius 3 is 2.41 bits per heavy atom. The number of aliphatic imine (C=N–C) groups is 1. The van der Waals surface area contributed by atoms with E-state index in [0.717, 1.165) is 20.9 Å². The Hall–Kier alpha value is -2.99. The third kappa shape index (κ3) is 3.95. The van der Waals surface area contributed by atoms with Crippen molar-refractivity contribution in [2.75, 3.05) is 4.90 Å². The average Bonchev–Trinajstić information content (AvgIpc) is 3.12. The van der Waals surface area contributed by atoms with E-state index in [1.807, 2.05) is 54.6 Å². The van der Waals surface area contributed by atoms with Crippen LogP contribution in [-0.2, 0) is 4.79 Å². The van der Waals surface area contributed by atoms with Crippen molar-refractivity contribution in [3.8, 4) is 0 Å². The summed E-state index contributed by atoms with van der Waals surface area (Å²) in [7, 11) is 0. The first-order valence-electron chi connectivity index (χ1n) is 9.71. The maximum Gasteiger partial charge on any atom is 0.282 e. The van der Waals surface area contributed by atoms with Gasteiger partial charge in [0.25, 0.3) is 5.91 Å². The van der Waals surface area contributed by atoms with Gasteiger partial charge >= 0.3 is 0 Å². The SMILES string of the molecule is O=C1/C(=C/c2cc3cc(Br)ccc3nc2Cl)N=C(c2ccccc2)N1c1ccc(Cl)cc1. The van der Waals surface area contributed by atoms with E-state index in [2.05, 4.69) is 25.9 Å². The molecule has 0 radical (unpaired) electrons. The molecule has 1 aliphatic rings. The number of carbonyl (C=O) groups excluding carboxylic acids is 1. The first-order valence-corrected chi connectivity index (χ1v) is 11.3. The zero-order chi connectivity index (χ0) is 22.2. The third-order valence-corrected chi connectivity index (χ3v) is 6.07. The van der Waals surface area contributed by atoms with Crippen LogP contribution in [0.15, 0.2) is 94.0 Å². The van der Waals surface area contributed by atoms with Gasteiger partial charge in [-0.1, -0.05) is 69.5 Å². The Kier molecular flexibility index (Phi) is 5.55. The second kappa shape index (κ2) is 8.51. The fraction of sp³-hybridized carbons (Fsp3) is 0. The molecule has 1 aliphatic heterocycles. The lowest BCUT2D eigenvalue weighted by molar-refractivity contribution is -0.113. The predicted octanol–water partition coefficient (Wildman–Crippen LogP) is 7.14. The number of amides is 1. The summed E-state index contributed by atoms with van der Waals surface area (Å²) in [5, 5.41) is 1.80. The minimum absolute atomic E-state index is 0.253. The Bertz CT molecular complexity index is 1420. The molecule has 0 aliphatic carbocycles. The van der Waals surface area contributed by atoms with Gasteiger partial charge in [0.1, 0.15) is 16.7 Å². The maximum absolute atomic E-state index is 13.4. The molecule has 3 aromatic carbocycles. The number of fused-ring (bicyclic) bond motifs is 1. The molecule has 0 fully saturated rings. The quantitative estimate of drug-likeness (QED) is 0.212. The summed E-state index contributed by atoms with van der Waals surface area (Å²) < 4.78 is 0.933. The molecule has 1 aromatic heterocycles. The molecule has 0 spiro atoms. The molecule has 7 heteroatoms. The third-order valence-electron chi connectivity index (χ3n) is 5.03. The molecular formula is C25H14BrCl2N3O. The van der Waals surface area contributed by atoms with Gasteiger partial charge in [-0.05, 0) is 54.6 Å². The predicted molar refractivity (Wildman–Crippen MR) is 134 cm³/mol. The normalized spacial score (nSPS) is 15.0. The van der Waals surface area contributed by atoms with Crippen LogP contribution in [0, 0.1) is 0 Å². The molecule has 0 N–H and O–H groups in total. The van der Waals surface area contributed by atoms with Crippen molar-refractivity contribution >= 4 is 73.5 Å². The lowest BCUT2D eigenvalue weighted by Crippen LogP contribution is -2.32. The number of anilines is 1. The van der Waals surface area contributed by atoms with Crippen LogP contribution < -0.4 is 4.90 Å². The molecule has 0 unspecified atom stereocenters. The smallest absolute Gasteiger partial charge is 0.266 e. The van der Waals surface area contributed by atoms with Crippen molar-refractivity contribution in [3.63, 3.8) is 0 Å². The number of amidine groups is 1. The van der Waals surface area contributed by atoms with E-state index in [1.165, 1.54) is 0 Å². The molecule has 0 bridgehead atoms. The summed E-state index contributed by atoms with van der Waals surface area (Å²) in [6, 6.07) is 24.3. The van der Waals surface area contributed by atoms with Gasteiger partial charge in [-0.15, -0.1) is 0 Å². The fourth-order valence-electron chi connectivity index (χ4n) is 3.52. The molecule has 1 amide bonds. The number of benzene rings is 3. The fourth-order valence-corrected chi connectivity index (χ4v) is 4.22. The zero-order valence-electron chi connectivity index (χ0n) is 16.5. The van der Waals surface area contributed by atoms with Crippen LogP contribution in [0.2, 0.25) is 10.2 Å². The van der Waals surface area contributed by atoms with Crippen LogP contribution in [0.25, 0.3) is 17.0 Å². The number of hydrogen-bond acceptors (Lipinski definition) is 3. The Morgan fingerprint density at radius 1 is 0.906 bits per heavy atom. The van der Waals surface area contributed by atoms with E-state index in [9.17, 15) is 4.79 Å². The van der Waals surface area contributed by atoms with Crippen LogP contribution in [0.4, 0.5) is 5.69 Å². The molecule has 0 saturated carbocycles. The number of rotatable bonds is 3. The van der Waals surface area contributed by atoms with Crippen molar-refractivity contribution in [3.05, 3.63) is 110 Å². The molecule has 0 saturated heterocycles. The van der Waals surface area contributed by atoms with E-state index in [1.54, 1.807) is 35.2 Å². The van der Waals surface area contributed by atoms with Gasteiger partial charge in [0.2, 0.25) is 0 Å². The minimum atomic E-state index is -0.253.